The Labute approximate surface area is 108 Å². The molecule has 5 heteroatoms. The Balaban J connectivity index is 2.14. The number of aromatic nitrogens is 1. The van der Waals surface area contributed by atoms with Gasteiger partial charge < -0.3 is 15.5 Å². The molecule has 1 saturated heterocycles. The van der Waals surface area contributed by atoms with Crippen LogP contribution >= 0.6 is 0 Å². The van der Waals surface area contributed by atoms with Gasteiger partial charge in [-0.15, -0.1) is 0 Å². The van der Waals surface area contributed by atoms with E-state index in [2.05, 4.69) is 16.9 Å². The molecule has 18 heavy (non-hydrogen) atoms. The van der Waals surface area contributed by atoms with E-state index in [0.29, 0.717) is 11.4 Å². The van der Waals surface area contributed by atoms with Crippen LogP contribution < -0.4 is 5.73 Å². The van der Waals surface area contributed by atoms with E-state index in [0.717, 1.165) is 38.3 Å². The van der Waals surface area contributed by atoms with Crippen molar-refractivity contribution in [3.05, 3.63) is 23.4 Å². The Bertz CT molecular complexity index is 426. The molecule has 0 radical (unpaired) electrons. The summed E-state index contributed by atoms with van der Waals surface area (Å²) in [6.45, 7) is 5.40. The van der Waals surface area contributed by atoms with E-state index in [4.69, 9.17) is 5.73 Å². The smallest absolute Gasteiger partial charge is 0.254 e. The largest absolute Gasteiger partial charge is 0.384 e. The highest BCUT2D eigenvalue weighted by Crippen LogP contribution is 2.12. The first kappa shape index (κ1) is 12.8. The normalized spacial score (nSPS) is 17.6. The van der Waals surface area contributed by atoms with E-state index in [-0.39, 0.29) is 5.91 Å². The molecule has 1 aliphatic rings. The molecule has 98 valence electrons. The molecule has 0 atom stereocenters. The summed E-state index contributed by atoms with van der Waals surface area (Å²) in [5, 5.41) is 0. The number of rotatable bonds is 1. The second-order valence-corrected chi connectivity index (χ2v) is 4.87. The SMILES string of the molecule is Cc1cc(C(=O)N2CCCN(C)CC2)cc(N)n1. The number of nitrogen functional groups attached to an aromatic ring is 1. The van der Waals surface area contributed by atoms with Gasteiger partial charge in [-0.25, -0.2) is 4.98 Å². The maximum atomic E-state index is 12.4. The maximum absolute atomic E-state index is 12.4. The van der Waals surface area contributed by atoms with Crippen LogP contribution in [0, 0.1) is 6.92 Å². The molecule has 0 saturated carbocycles. The number of hydrogen-bond acceptors (Lipinski definition) is 4. The first-order valence-electron chi connectivity index (χ1n) is 6.28. The van der Waals surface area contributed by atoms with Gasteiger partial charge in [0.05, 0.1) is 0 Å². The first-order valence-corrected chi connectivity index (χ1v) is 6.28. The lowest BCUT2D eigenvalue weighted by molar-refractivity contribution is 0.0762. The van der Waals surface area contributed by atoms with Gasteiger partial charge in [0.25, 0.3) is 5.91 Å². The number of hydrogen-bond donors (Lipinski definition) is 1. The van der Waals surface area contributed by atoms with Gasteiger partial charge in [0, 0.05) is 30.9 Å². The fourth-order valence-electron chi connectivity index (χ4n) is 2.25. The summed E-state index contributed by atoms with van der Waals surface area (Å²) in [6.07, 6.45) is 1.02. The first-order chi connectivity index (χ1) is 8.56. The molecule has 0 unspecified atom stereocenters. The van der Waals surface area contributed by atoms with Crippen molar-refractivity contribution in [2.45, 2.75) is 13.3 Å². The van der Waals surface area contributed by atoms with Crippen molar-refractivity contribution >= 4 is 11.7 Å². The second kappa shape index (κ2) is 5.35. The van der Waals surface area contributed by atoms with Crippen LogP contribution in [0.3, 0.4) is 0 Å². The van der Waals surface area contributed by atoms with E-state index < -0.39 is 0 Å². The fourth-order valence-corrected chi connectivity index (χ4v) is 2.25. The van der Waals surface area contributed by atoms with E-state index in [1.807, 2.05) is 11.8 Å². The minimum Gasteiger partial charge on any atom is -0.384 e. The van der Waals surface area contributed by atoms with Crippen LogP contribution in [0.4, 0.5) is 5.82 Å². The van der Waals surface area contributed by atoms with E-state index in [1.54, 1.807) is 12.1 Å². The van der Waals surface area contributed by atoms with Crippen LogP contribution in [-0.4, -0.2) is 53.9 Å². The summed E-state index contributed by atoms with van der Waals surface area (Å²) >= 11 is 0. The standard InChI is InChI=1S/C13H20N4O/c1-10-8-11(9-12(14)15-10)13(18)17-5-3-4-16(2)6-7-17/h8-9H,3-7H2,1-2H3,(H2,14,15). The van der Waals surface area contributed by atoms with Gasteiger partial charge in [0.2, 0.25) is 0 Å². The molecule has 1 aliphatic heterocycles. The third-order valence-corrected chi connectivity index (χ3v) is 3.23. The van der Waals surface area contributed by atoms with Crippen LogP contribution in [-0.2, 0) is 0 Å². The average Bonchev–Trinajstić information content (AvgIpc) is 2.52. The third kappa shape index (κ3) is 2.98. The van der Waals surface area contributed by atoms with Gasteiger partial charge in [-0.3, -0.25) is 4.79 Å². The summed E-state index contributed by atoms with van der Waals surface area (Å²) < 4.78 is 0. The minimum absolute atomic E-state index is 0.0579. The molecule has 2 N–H and O–H groups in total. The quantitative estimate of drug-likeness (QED) is 0.796. The molecule has 2 rings (SSSR count). The average molecular weight is 248 g/mol. The highest BCUT2D eigenvalue weighted by molar-refractivity contribution is 5.95. The minimum atomic E-state index is 0.0579. The monoisotopic (exact) mass is 248 g/mol. The van der Waals surface area contributed by atoms with Gasteiger partial charge in [-0.2, -0.15) is 0 Å². The molecule has 1 aromatic rings. The van der Waals surface area contributed by atoms with Crippen molar-refractivity contribution in [1.82, 2.24) is 14.8 Å². The summed E-state index contributed by atoms with van der Waals surface area (Å²) in [7, 11) is 2.09. The molecule has 0 aliphatic carbocycles. The van der Waals surface area contributed by atoms with Crippen molar-refractivity contribution in [1.29, 1.82) is 0 Å². The Morgan fingerprint density at radius 3 is 2.78 bits per heavy atom. The van der Waals surface area contributed by atoms with Crippen LogP contribution in [0.15, 0.2) is 12.1 Å². The summed E-state index contributed by atoms with van der Waals surface area (Å²) in [5.41, 5.74) is 7.12. The fraction of sp³-hybridized carbons (Fsp3) is 0.538. The van der Waals surface area contributed by atoms with E-state index >= 15 is 0 Å². The maximum Gasteiger partial charge on any atom is 0.254 e. The number of amides is 1. The van der Waals surface area contributed by atoms with Crippen LogP contribution in [0.2, 0.25) is 0 Å². The Morgan fingerprint density at radius 1 is 1.28 bits per heavy atom. The molecule has 0 aromatic carbocycles. The number of anilines is 1. The van der Waals surface area contributed by atoms with Gasteiger partial charge in [0.15, 0.2) is 0 Å². The molecule has 1 aromatic heterocycles. The molecule has 2 heterocycles. The zero-order valence-corrected chi connectivity index (χ0v) is 11.0. The molecule has 1 fully saturated rings. The highest BCUT2D eigenvalue weighted by atomic mass is 16.2. The molecule has 1 amide bonds. The van der Waals surface area contributed by atoms with Crippen LogP contribution in [0.5, 0.6) is 0 Å². The lowest BCUT2D eigenvalue weighted by atomic mass is 10.2. The van der Waals surface area contributed by atoms with Crippen molar-refractivity contribution in [3.63, 3.8) is 0 Å². The van der Waals surface area contributed by atoms with Gasteiger partial charge in [0.1, 0.15) is 5.82 Å². The van der Waals surface area contributed by atoms with Crippen LogP contribution in [0.1, 0.15) is 22.5 Å². The van der Waals surface area contributed by atoms with Gasteiger partial charge in [-0.1, -0.05) is 0 Å². The van der Waals surface area contributed by atoms with Crippen molar-refractivity contribution < 1.29 is 4.79 Å². The molecule has 0 bridgehead atoms. The number of carbonyl (C=O) groups excluding carboxylic acids is 1. The lowest BCUT2D eigenvalue weighted by Crippen LogP contribution is -2.34. The number of nitrogens with two attached hydrogens (primary N) is 1. The summed E-state index contributed by atoms with van der Waals surface area (Å²) in [5.74, 6) is 0.466. The Kier molecular flexibility index (Phi) is 3.81. The predicted octanol–water partition coefficient (Wildman–Crippen LogP) is 0.750. The van der Waals surface area contributed by atoms with E-state index in [1.165, 1.54) is 0 Å². The van der Waals surface area contributed by atoms with Gasteiger partial charge >= 0.3 is 0 Å². The number of likely N-dealkylation sites (N-methyl/N-ethyl adjacent to an activating group) is 1. The number of aryl methyl sites for hydroxylation is 1. The zero-order valence-electron chi connectivity index (χ0n) is 11.0. The van der Waals surface area contributed by atoms with Crippen molar-refractivity contribution in [2.75, 3.05) is 39.0 Å². The summed E-state index contributed by atoms with van der Waals surface area (Å²) in [4.78, 5) is 20.6. The Hall–Kier alpha value is -1.62. The molecule has 5 nitrogen and oxygen atoms in total. The summed E-state index contributed by atoms with van der Waals surface area (Å²) in [6, 6.07) is 3.46. The van der Waals surface area contributed by atoms with Gasteiger partial charge in [-0.05, 0) is 39.1 Å². The molecular formula is C13H20N4O. The number of carbonyl (C=O) groups is 1. The highest BCUT2D eigenvalue weighted by Gasteiger charge is 2.19. The van der Waals surface area contributed by atoms with Crippen molar-refractivity contribution in [3.8, 4) is 0 Å². The number of pyridine rings is 1. The molecule has 0 spiro atoms. The van der Waals surface area contributed by atoms with E-state index in [9.17, 15) is 4.79 Å². The Morgan fingerprint density at radius 2 is 2.06 bits per heavy atom. The predicted molar refractivity (Wildman–Crippen MR) is 71.4 cm³/mol. The van der Waals surface area contributed by atoms with Crippen LogP contribution in [0.25, 0.3) is 0 Å². The number of nitrogens with zero attached hydrogens (tertiary/aromatic N) is 3. The second-order valence-electron chi connectivity index (χ2n) is 4.87. The third-order valence-electron chi connectivity index (χ3n) is 3.23. The zero-order chi connectivity index (χ0) is 13.1. The lowest BCUT2D eigenvalue weighted by Gasteiger charge is -2.20. The topological polar surface area (TPSA) is 62.5 Å². The van der Waals surface area contributed by atoms with Crippen molar-refractivity contribution in [2.24, 2.45) is 0 Å². The molecular weight excluding hydrogens is 228 g/mol.